The minimum Gasteiger partial charge on any atom is -0.404 e. The van der Waals surface area contributed by atoms with Crippen molar-refractivity contribution in [1.82, 2.24) is 4.72 Å². The van der Waals surface area contributed by atoms with Gasteiger partial charge in [-0.1, -0.05) is 11.6 Å². The number of nitrogens with two attached hydrogens (primary N) is 1. The second kappa shape index (κ2) is 6.46. The second-order valence-corrected chi connectivity index (χ2v) is 7.67. The van der Waals surface area contributed by atoms with Crippen molar-refractivity contribution in [2.24, 2.45) is 5.73 Å². The Morgan fingerprint density at radius 3 is 2.57 bits per heavy atom. The summed E-state index contributed by atoms with van der Waals surface area (Å²) in [5.41, 5.74) is 5.67. The van der Waals surface area contributed by atoms with Gasteiger partial charge in [0.2, 0.25) is 10.0 Å². The van der Waals surface area contributed by atoms with E-state index < -0.39 is 27.0 Å². The standard InChI is InChI=1S/C13H16ClF3N2O3S/c14-9-2-3-10(22-13(15,16)17)11(8-9)23(20,21)19-7-1-4-12(18)5-6-12/h2-3,8,19H,1,4-7,18H2. The Balaban J connectivity index is 2.09. The van der Waals surface area contributed by atoms with Crippen LogP contribution in [0.15, 0.2) is 23.1 Å². The maximum absolute atomic E-state index is 12.4. The first-order chi connectivity index (χ1) is 10.5. The summed E-state index contributed by atoms with van der Waals surface area (Å²) in [6.45, 7) is 0.0687. The van der Waals surface area contributed by atoms with Gasteiger partial charge in [0, 0.05) is 17.1 Å². The first-order valence-electron chi connectivity index (χ1n) is 6.85. The topological polar surface area (TPSA) is 81.4 Å². The van der Waals surface area contributed by atoms with Gasteiger partial charge in [0.05, 0.1) is 0 Å². The second-order valence-electron chi connectivity index (χ2n) is 5.50. The third-order valence-electron chi connectivity index (χ3n) is 3.46. The monoisotopic (exact) mass is 372 g/mol. The number of hydrogen-bond acceptors (Lipinski definition) is 4. The van der Waals surface area contributed by atoms with Gasteiger partial charge in [0.25, 0.3) is 0 Å². The van der Waals surface area contributed by atoms with Crippen molar-refractivity contribution in [3.05, 3.63) is 23.2 Å². The molecule has 0 spiro atoms. The van der Waals surface area contributed by atoms with E-state index in [0.29, 0.717) is 12.8 Å². The molecule has 1 fully saturated rings. The van der Waals surface area contributed by atoms with Crippen LogP contribution in [0.2, 0.25) is 5.02 Å². The summed E-state index contributed by atoms with van der Waals surface area (Å²) < 4.78 is 67.5. The molecular weight excluding hydrogens is 357 g/mol. The molecule has 0 saturated heterocycles. The van der Waals surface area contributed by atoms with Crippen molar-refractivity contribution < 1.29 is 26.3 Å². The molecule has 0 heterocycles. The number of rotatable bonds is 7. The Bertz CT molecular complexity index is 676. The maximum Gasteiger partial charge on any atom is 0.573 e. The van der Waals surface area contributed by atoms with Crippen LogP contribution in [0, 0.1) is 0 Å². The normalized spacial score (nSPS) is 17.1. The lowest BCUT2D eigenvalue weighted by Gasteiger charge is -2.15. The van der Waals surface area contributed by atoms with Gasteiger partial charge in [-0.25, -0.2) is 13.1 Å². The van der Waals surface area contributed by atoms with Gasteiger partial charge in [-0.15, -0.1) is 13.2 Å². The highest BCUT2D eigenvalue weighted by atomic mass is 35.5. The fourth-order valence-electron chi connectivity index (χ4n) is 2.04. The molecule has 0 aromatic heterocycles. The fourth-order valence-corrected chi connectivity index (χ4v) is 3.50. The molecule has 1 saturated carbocycles. The molecule has 0 unspecified atom stereocenters. The van der Waals surface area contributed by atoms with Crippen LogP contribution in [0.5, 0.6) is 5.75 Å². The average molecular weight is 373 g/mol. The summed E-state index contributed by atoms with van der Waals surface area (Å²) in [5.74, 6) is -0.827. The van der Waals surface area contributed by atoms with Crippen molar-refractivity contribution in [2.75, 3.05) is 6.54 Å². The van der Waals surface area contributed by atoms with Crippen LogP contribution in [0.4, 0.5) is 13.2 Å². The van der Waals surface area contributed by atoms with Crippen LogP contribution in [-0.4, -0.2) is 26.9 Å². The molecule has 3 N–H and O–H groups in total. The molecule has 2 rings (SSSR count). The van der Waals surface area contributed by atoms with Crippen LogP contribution in [-0.2, 0) is 10.0 Å². The van der Waals surface area contributed by atoms with Crippen LogP contribution < -0.4 is 15.2 Å². The molecule has 0 atom stereocenters. The van der Waals surface area contributed by atoms with E-state index >= 15 is 0 Å². The lowest BCUT2D eigenvalue weighted by Crippen LogP contribution is -2.29. The van der Waals surface area contributed by atoms with Gasteiger partial charge in [0.1, 0.15) is 10.6 Å². The van der Waals surface area contributed by atoms with Crippen LogP contribution in [0.3, 0.4) is 0 Å². The van der Waals surface area contributed by atoms with Crippen LogP contribution >= 0.6 is 11.6 Å². The Morgan fingerprint density at radius 2 is 2.00 bits per heavy atom. The summed E-state index contributed by atoms with van der Waals surface area (Å²) in [6.07, 6.45) is -2.06. The molecule has 10 heteroatoms. The molecule has 23 heavy (non-hydrogen) atoms. The van der Waals surface area contributed by atoms with E-state index in [0.717, 1.165) is 31.0 Å². The number of hydrogen-bond donors (Lipinski definition) is 2. The predicted molar refractivity (Wildman–Crippen MR) is 78.7 cm³/mol. The zero-order chi connectivity index (χ0) is 17.3. The molecule has 1 aliphatic carbocycles. The summed E-state index contributed by atoms with van der Waals surface area (Å²) in [5, 5.41) is -0.0150. The molecule has 0 aliphatic heterocycles. The third kappa shape index (κ3) is 5.52. The third-order valence-corrected chi connectivity index (χ3v) is 5.17. The Kier molecular flexibility index (Phi) is 5.15. The first kappa shape index (κ1) is 18.3. The maximum atomic E-state index is 12.4. The number of nitrogens with one attached hydrogen (secondary N) is 1. The van der Waals surface area contributed by atoms with Crippen molar-refractivity contribution >= 4 is 21.6 Å². The van der Waals surface area contributed by atoms with Gasteiger partial charge in [0.15, 0.2) is 0 Å². The molecule has 0 bridgehead atoms. The summed E-state index contributed by atoms with van der Waals surface area (Å²) >= 11 is 5.68. The fraction of sp³-hybridized carbons (Fsp3) is 0.538. The van der Waals surface area contributed by atoms with Crippen molar-refractivity contribution in [2.45, 2.75) is 42.5 Å². The zero-order valence-electron chi connectivity index (χ0n) is 12.0. The highest BCUT2D eigenvalue weighted by Crippen LogP contribution is 2.36. The van der Waals surface area contributed by atoms with Crippen molar-refractivity contribution in [3.8, 4) is 5.75 Å². The molecular formula is C13H16ClF3N2O3S. The van der Waals surface area contributed by atoms with E-state index in [-0.39, 0.29) is 17.1 Å². The summed E-state index contributed by atoms with van der Waals surface area (Å²) in [6, 6.07) is 2.90. The van der Waals surface area contributed by atoms with Gasteiger partial charge in [-0.3, -0.25) is 0 Å². The quantitative estimate of drug-likeness (QED) is 0.721. The summed E-state index contributed by atoms with van der Waals surface area (Å²) in [7, 11) is -4.18. The Labute approximate surface area is 137 Å². The molecule has 1 aromatic rings. The minimum atomic E-state index is -5.00. The molecule has 0 amide bonds. The number of benzene rings is 1. The molecule has 1 aliphatic rings. The Morgan fingerprint density at radius 1 is 1.35 bits per heavy atom. The van der Waals surface area contributed by atoms with Gasteiger partial charge >= 0.3 is 6.36 Å². The average Bonchev–Trinajstić information content (AvgIpc) is 3.14. The highest BCUT2D eigenvalue weighted by molar-refractivity contribution is 7.89. The van der Waals surface area contributed by atoms with E-state index in [1.54, 1.807) is 0 Å². The lowest BCUT2D eigenvalue weighted by atomic mass is 10.1. The molecule has 1 aromatic carbocycles. The largest absolute Gasteiger partial charge is 0.573 e. The smallest absolute Gasteiger partial charge is 0.404 e. The molecule has 5 nitrogen and oxygen atoms in total. The zero-order valence-corrected chi connectivity index (χ0v) is 13.6. The van der Waals surface area contributed by atoms with E-state index in [1.807, 2.05) is 0 Å². The SMILES string of the molecule is NC1(CCCNS(=O)(=O)c2cc(Cl)ccc2OC(F)(F)F)CC1. The highest BCUT2D eigenvalue weighted by Gasteiger charge is 2.37. The van der Waals surface area contributed by atoms with Crippen LogP contribution in [0.1, 0.15) is 25.7 Å². The predicted octanol–water partition coefficient (Wildman–Crippen LogP) is 2.79. The van der Waals surface area contributed by atoms with E-state index in [4.69, 9.17) is 17.3 Å². The summed E-state index contributed by atoms with van der Waals surface area (Å²) in [4.78, 5) is -0.656. The molecule has 130 valence electrons. The Hall–Kier alpha value is -1.03. The first-order valence-corrected chi connectivity index (χ1v) is 8.71. The lowest BCUT2D eigenvalue weighted by molar-refractivity contribution is -0.275. The van der Waals surface area contributed by atoms with Gasteiger partial charge < -0.3 is 10.5 Å². The number of ether oxygens (including phenoxy) is 1. The molecule has 0 radical (unpaired) electrons. The van der Waals surface area contributed by atoms with Crippen molar-refractivity contribution in [1.29, 1.82) is 0 Å². The number of halogens is 4. The number of alkyl halides is 3. The minimum absolute atomic E-state index is 0.0150. The van der Waals surface area contributed by atoms with Gasteiger partial charge in [-0.2, -0.15) is 0 Å². The van der Waals surface area contributed by atoms with E-state index in [2.05, 4.69) is 9.46 Å². The van der Waals surface area contributed by atoms with E-state index in [1.165, 1.54) is 0 Å². The number of sulfonamides is 1. The van der Waals surface area contributed by atoms with E-state index in [9.17, 15) is 21.6 Å². The van der Waals surface area contributed by atoms with Gasteiger partial charge in [-0.05, 0) is 43.9 Å². The van der Waals surface area contributed by atoms with Crippen molar-refractivity contribution in [3.63, 3.8) is 0 Å². The van der Waals surface area contributed by atoms with Crippen LogP contribution in [0.25, 0.3) is 0 Å².